The van der Waals surface area contributed by atoms with Crippen LogP contribution in [0.15, 0.2) is 23.4 Å². The fraction of sp³-hybridized carbons (Fsp3) is 0.389. The summed E-state index contributed by atoms with van der Waals surface area (Å²) in [5, 5.41) is 9.13. The van der Waals surface area contributed by atoms with E-state index in [1.807, 2.05) is 12.1 Å². The van der Waals surface area contributed by atoms with Gasteiger partial charge >= 0.3 is 12.1 Å². The van der Waals surface area contributed by atoms with E-state index >= 15 is 0 Å². The lowest BCUT2D eigenvalue weighted by Crippen LogP contribution is -2.52. The summed E-state index contributed by atoms with van der Waals surface area (Å²) in [5.41, 5.74) is 1.81. The van der Waals surface area contributed by atoms with Crippen LogP contribution in [0.1, 0.15) is 28.7 Å². The highest BCUT2D eigenvalue weighted by molar-refractivity contribution is 7.13. The molecule has 1 N–H and O–H groups in total. The van der Waals surface area contributed by atoms with E-state index < -0.39 is 5.97 Å². The van der Waals surface area contributed by atoms with Gasteiger partial charge in [-0.05, 0) is 37.5 Å². The minimum atomic E-state index is -1.06. The van der Waals surface area contributed by atoms with Gasteiger partial charge in [0, 0.05) is 21.9 Å². The zero-order valence-corrected chi connectivity index (χ0v) is 15.0. The third-order valence-corrected chi connectivity index (χ3v) is 6.04. The molecule has 1 atom stereocenters. The molecule has 26 heavy (non-hydrogen) atoms. The van der Waals surface area contributed by atoms with Crippen LogP contribution in [0.3, 0.4) is 0 Å². The van der Waals surface area contributed by atoms with Crippen LogP contribution in [-0.2, 0) is 27.3 Å². The molecule has 0 aromatic carbocycles. The lowest BCUT2D eigenvalue weighted by Gasteiger charge is -2.38. The van der Waals surface area contributed by atoms with Gasteiger partial charge in [-0.3, -0.25) is 9.69 Å². The smallest absolute Gasteiger partial charge is 0.410 e. The lowest BCUT2D eigenvalue weighted by molar-refractivity contribution is -0.142. The first-order chi connectivity index (χ1) is 12.5. The second-order valence-corrected chi connectivity index (χ2v) is 7.56. The van der Waals surface area contributed by atoms with E-state index in [0.717, 1.165) is 16.9 Å². The Bertz CT molecular complexity index is 869. The number of hydrogen-bond donors (Lipinski definition) is 1. The maximum absolute atomic E-state index is 12.3. The van der Waals surface area contributed by atoms with Crippen LogP contribution in [0.2, 0.25) is 0 Å². The summed E-state index contributed by atoms with van der Waals surface area (Å²) in [5.74, 6) is -1.30. The highest BCUT2D eigenvalue weighted by atomic mass is 32.1. The van der Waals surface area contributed by atoms with Gasteiger partial charge in [0.15, 0.2) is 0 Å². The number of rotatable bonds is 3. The van der Waals surface area contributed by atoms with E-state index in [2.05, 4.69) is 0 Å². The third kappa shape index (κ3) is 2.61. The first-order valence-electron chi connectivity index (χ1n) is 8.51. The topological polar surface area (TPSA) is 87.2 Å². The summed E-state index contributed by atoms with van der Waals surface area (Å²) in [6, 6.07) is 1.85. The molecule has 0 radical (unpaired) electrons. The van der Waals surface area contributed by atoms with E-state index in [4.69, 9.17) is 9.84 Å². The Kier molecular flexibility index (Phi) is 4.07. The number of aliphatic carboxylic acids is 1. The number of fused-ring (bicyclic) bond motifs is 2. The largest absolute Gasteiger partial charge is 0.477 e. The van der Waals surface area contributed by atoms with Crippen LogP contribution in [0.5, 0.6) is 0 Å². The van der Waals surface area contributed by atoms with Gasteiger partial charge in [-0.1, -0.05) is 6.08 Å². The number of β-lactam (4-membered cyclic amide) rings is 1. The number of thiophene rings is 1. The second kappa shape index (κ2) is 6.28. The molecule has 2 amide bonds. The van der Waals surface area contributed by atoms with Crippen LogP contribution in [0.4, 0.5) is 4.79 Å². The monoisotopic (exact) mass is 374 g/mol. The normalized spacial score (nSPS) is 22.7. The van der Waals surface area contributed by atoms with Crippen LogP contribution < -0.4 is 0 Å². The van der Waals surface area contributed by atoms with Gasteiger partial charge in [0.2, 0.25) is 0 Å². The molecule has 1 fully saturated rings. The highest BCUT2D eigenvalue weighted by Crippen LogP contribution is 2.40. The van der Waals surface area contributed by atoms with Crippen LogP contribution in [0, 0.1) is 0 Å². The summed E-state index contributed by atoms with van der Waals surface area (Å²) in [6.07, 6.45) is 4.48. The quantitative estimate of drug-likeness (QED) is 0.648. The van der Waals surface area contributed by atoms with E-state index in [1.54, 1.807) is 29.2 Å². The number of carbonyl (C=O) groups is 3. The van der Waals surface area contributed by atoms with Crippen molar-refractivity contribution in [1.82, 2.24) is 9.80 Å². The number of hydrogen-bond acceptors (Lipinski definition) is 5. The Labute approximate surface area is 154 Å². The SMILES string of the molecule is CCOC(=O)N1CCc2sc(C=C3C(=O)N4C(C(=O)O)=CCC34)cc2C1. The number of carboxylic acids is 1. The van der Waals surface area contributed by atoms with Crippen molar-refractivity contribution in [2.75, 3.05) is 13.2 Å². The standard InChI is InChI=1S/C18H18N2O5S/c1-2-25-18(24)19-6-5-15-10(9-19)7-11(26-15)8-12-13-3-4-14(17(22)23)20(13)16(12)21/h4,7-8,13H,2-3,5-6,9H2,1H3,(H,22,23). The van der Waals surface area contributed by atoms with Crippen molar-refractivity contribution in [2.24, 2.45) is 0 Å². The van der Waals surface area contributed by atoms with Crippen molar-refractivity contribution in [3.63, 3.8) is 0 Å². The van der Waals surface area contributed by atoms with E-state index in [-0.39, 0.29) is 23.7 Å². The van der Waals surface area contributed by atoms with E-state index in [1.165, 1.54) is 9.78 Å². The van der Waals surface area contributed by atoms with Crippen molar-refractivity contribution in [1.29, 1.82) is 0 Å². The Morgan fingerprint density at radius 3 is 3.00 bits per heavy atom. The van der Waals surface area contributed by atoms with Crippen molar-refractivity contribution in [3.05, 3.63) is 38.7 Å². The van der Waals surface area contributed by atoms with E-state index in [9.17, 15) is 14.4 Å². The molecule has 4 heterocycles. The maximum Gasteiger partial charge on any atom is 0.410 e. The summed E-state index contributed by atoms with van der Waals surface area (Å²) in [4.78, 5) is 40.6. The van der Waals surface area contributed by atoms with E-state index in [0.29, 0.717) is 31.7 Å². The van der Waals surface area contributed by atoms with Crippen LogP contribution >= 0.6 is 11.3 Å². The fourth-order valence-electron chi connectivity index (χ4n) is 3.63. The summed E-state index contributed by atoms with van der Waals surface area (Å²) in [6.45, 7) is 3.29. The molecule has 1 aromatic rings. The molecule has 7 nitrogen and oxygen atoms in total. The molecule has 136 valence electrons. The Balaban J connectivity index is 1.50. The fourth-order valence-corrected chi connectivity index (χ4v) is 4.75. The number of carbonyl (C=O) groups excluding carboxylic acids is 2. The average Bonchev–Trinajstić information content (AvgIpc) is 3.20. The molecule has 1 unspecified atom stereocenters. The number of carboxylic acid groups (broad SMARTS) is 1. The molecule has 4 rings (SSSR count). The molecule has 0 bridgehead atoms. The zero-order valence-electron chi connectivity index (χ0n) is 14.2. The second-order valence-electron chi connectivity index (χ2n) is 6.39. The van der Waals surface area contributed by atoms with Gasteiger partial charge < -0.3 is 14.7 Å². The highest BCUT2D eigenvalue weighted by Gasteiger charge is 2.48. The molecule has 1 aromatic heterocycles. The summed E-state index contributed by atoms with van der Waals surface area (Å²) in [7, 11) is 0. The van der Waals surface area contributed by atoms with Gasteiger partial charge in [0.05, 0.1) is 19.2 Å². The summed E-state index contributed by atoms with van der Waals surface area (Å²) >= 11 is 1.62. The molecule has 3 aliphatic rings. The van der Waals surface area contributed by atoms with Gasteiger partial charge in [0.1, 0.15) is 5.70 Å². The molecule has 0 saturated carbocycles. The summed E-state index contributed by atoms with van der Waals surface area (Å²) < 4.78 is 5.06. The van der Waals surface area contributed by atoms with Crippen LogP contribution in [-0.4, -0.2) is 52.1 Å². The third-order valence-electron chi connectivity index (χ3n) is 4.86. The first-order valence-corrected chi connectivity index (χ1v) is 9.33. The van der Waals surface area contributed by atoms with Crippen molar-refractivity contribution >= 4 is 35.4 Å². The molecule has 1 saturated heterocycles. The lowest BCUT2D eigenvalue weighted by atomic mass is 9.94. The average molecular weight is 374 g/mol. The van der Waals surface area contributed by atoms with Crippen molar-refractivity contribution < 1.29 is 24.2 Å². The number of nitrogens with zero attached hydrogens (tertiary/aromatic N) is 2. The van der Waals surface area contributed by atoms with Crippen LogP contribution in [0.25, 0.3) is 6.08 Å². The Hall–Kier alpha value is -2.61. The minimum absolute atomic E-state index is 0.0766. The molecule has 0 spiro atoms. The Morgan fingerprint density at radius 2 is 2.27 bits per heavy atom. The van der Waals surface area contributed by atoms with Crippen molar-refractivity contribution in [2.45, 2.75) is 32.4 Å². The molecular weight excluding hydrogens is 356 g/mol. The van der Waals surface area contributed by atoms with Gasteiger partial charge in [-0.25, -0.2) is 9.59 Å². The van der Waals surface area contributed by atoms with Crippen molar-refractivity contribution in [3.8, 4) is 0 Å². The number of ether oxygens (including phenoxy) is 1. The first kappa shape index (κ1) is 16.8. The molecular formula is C18H18N2O5S. The predicted octanol–water partition coefficient (Wildman–Crippen LogP) is 2.23. The minimum Gasteiger partial charge on any atom is -0.477 e. The molecule has 0 aliphatic carbocycles. The molecule has 3 aliphatic heterocycles. The van der Waals surface area contributed by atoms with Gasteiger partial charge in [-0.2, -0.15) is 0 Å². The van der Waals surface area contributed by atoms with Gasteiger partial charge in [-0.15, -0.1) is 11.3 Å². The molecule has 8 heteroatoms. The Morgan fingerprint density at radius 1 is 1.46 bits per heavy atom. The predicted molar refractivity (Wildman–Crippen MR) is 94.4 cm³/mol. The maximum atomic E-state index is 12.3. The zero-order chi connectivity index (χ0) is 18.4. The number of amides is 2. The van der Waals surface area contributed by atoms with Gasteiger partial charge in [0.25, 0.3) is 5.91 Å².